The second-order valence-electron chi connectivity index (χ2n) is 6.77. The number of ether oxygens (including phenoxy) is 2. The van der Waals surface area contributed by atoms with E-state index in [9.17, 15) is 9.59 Å². The standard InChI is InChI=1S/C21H25N3O4/c1-24-16-13-15(27-12-6-5-9-18(22)25)10-11-17(16)28-20(19(23)21(24)26)14-7-3-2-4-8-14/h2-4,7-8,10-11,13,19-20H,5-6,9,12,23H2,1H3,(H2,22,25)/t19-,20+/m0/s1. The number of benzene rings is 2. The van der Waals surface area contributed by atoms with E-state index in [1.54, 1.807) is 25.2 Å². The third kappa shape index (κ3) is 4.43. The molecule has 0 spiro atoms. The number of hydrogen-bond donors (Lipinski definition) is 2. The molecule has 0 aromatic heterocycles. The summed E-state index contributed by atoms with van der Waals surface area (Å²) in [6.07, 6.45) is 1.16. The molecule has 148 valence electrons. The van der Waals surface area contributed by atoms with E-state index in [-0.39, 0.29) is 11.8 Å². The summed E-state index contributed by atoms with van der Waals surface area (Å²) in [5.74, 6) is 0.643. The highest BCUT2D eigenvalue weighted by molar-refractivity contribution is 5.99. The highest BCUT2D eigenvalue weighted by Crippen LogP contribution is 2.39. The fourth-order valence-electron chi connectivity index (χ4n) is 3.14. The number of likely N-dealkylation sites (N-methyl/N-ethyl adjacent to an activating group) is 1. The monoisotopic (exact) mass is 383 g/mol. The van der Waals surface area contributed by atoms with Crippen LogP contribution in [0.5, 0.6) is 11.5 Å². The number of rotatable bonds is 7. The van der Waals surface area contributed by atoms with Crippen molar-refractivity contribution in [3.63, 3.8) is 0 Å². The largest absolute Gasteiger partial charge is 0.494 e. The summed E-state index contributed by atoms with van der Waals surface area (Å²) in [6, 6.07) is 14.0. The summed E-state index contributed by atoms with van der Waals surface area (Å²) in [4.78, 5) is 25.1. The molecule has 1 heterocycles. The van der Waals surface area contributed by atoms with Crippen molar-refractivity contribution in [2.45, 2.75) is 31.4 Å². The lowest BCUT2D eigenvalue weighted by Crippen LogP contribution is -2.45. The number of carbonyl (C=O) groups excluding carboxylic acids is 2. The number of primary amides is 1. The zero-order chi connectivity index (χ0) is 20.1. The average molecular weight is 383 g/mol. The fraction of sp³-hybridized carbons (Fsp3) is 0.333. The second kappa shape index (κ2) is 8.75. The molecule has 1 aliphatic rings. The maximum Gasteiger partial charge on any atom is 0.247 e. The van der Waals surface area contributed by atoms with Gasteiger partial charge in [-0.15, -0.1) is 0 Å². The number of carbonyl (C=O) groups is 2. The van der Waals surface area contributed by atoms with Gasteiger partial charge in [0.05, 0.1) is 12.3 Å². The number of nitrogens with two attached hydrogens (primary N) is 2. The van der Waals surface area contributed by atoms with Gasteiger partial charge in [-0.25, -0.2) is 0 Å². The molecule has 0 fully saturated rings. The molecule has 4 N–H and O–H groups in total. The Labute approximate surface area is 164 Å². The molecule has 2 atom stereocenters. The van der Waals surface area contributed by atoms with Crippen molar-refractivity contribution < 1.29 is 19.1 Å². The van der Waals surface area contributed by atoms with Crippen LogP contribution in [0, 0.1) is 0 Å². The minimum Gasteiger partial charge on any atom is -0.494 e. The third-order valence-electron chi connectivity index (χ3n) is 4.70. The van der Waals surface area contributed by atoms with Gasteiger partial charge >= 0.3 is 0 Å². The topological polar surface area (TPSA) is 108 Å². The van der Waals surface area contributed by atoms with Crippen molar-refractivity contribution >= 4 is 17.5 Å². The maximum absolute atomic E-state index is 12.8. The van der Waals surface area contributed by atoms with E-state index in [0.717, 1.165) is 5.56 Å². The maximum atomic E-state index is 12.8. The van der Waals surface area contributed by atoms with E-state index in [1.165, 1.54) is 4.90 Å². The Morgan fingerprint density at radius 3 is 2.64 bits per heavy atom. The summed E-state index contributed by atoms with van der Waals surface area (Å²) < 4.78 is 11.9. The molecule has 2 aromatic rings. The van der Waals surface area contributed by atoms with Gasteiger partial charge in [-0.05, 0) is 30.5 Å². The van der Waals surface area contributed by atoms with Crippen molar-refractivity contribution in [2.24, 2.45) is 11.5 Å². The van der Waals surface area contributed by atoms with Gasteiger partial charge in [0.2, 0.25) is 11.8 Å². The van der Waals surface area contributed by atoms with Crippen LogP contribution in [0.4, 0.5) is 5.69 Å². The first-order valence-electron chi connectivity index (χ1n) is 9.27. The van der Waals surface area contributed by atoms with Gasteiger partial charge in [0.25, 0.3) is 0 Å². The Morgan fingerprint density at radius 1 is 1.18 bits per heavy atom. The van der Waals surface area contributed by atoms with Crippen LogP contribution in [-0.4, -0.2) is 31.5 Å². The van der Waals surface area contributed by atoms with Crippen LogP contribution in [0.15, 0.2) is 48.5 Å². The molecule has 0 aliphatic carbocycles. The molecule has 2 aromatic carbocycles. The summed E-state index contributed by atoms with van der Waals surface area (Å²) >= 11 is 0. The van der Waals surface area contributed by atoms with Crippen LogP contribution >= 0.6 is 0 Å². The van der Waals surface area contributed by atoms with E-state index >= 15 is 0 Å². The minimum absolute atomic E-state index is 0.230. The molecule has 1 aliphatic heterocycles. The van der Waals surface area contributed by atoms with E-state index in [4.69, 9.17) is 20.9 Å². The predicted molar refractivity (Wildman–Crippen MR) is 106 cm³/mol. The van der Waals surface area contributed by atoms with Gasteiger partial charge in [-0.1, -0.05) is 30.3 Å². The Bertz CT molecular complexity index is 841. The normalized spacial score (nSPS) is 18.8. The summed E-state index contributed by atoms with van der Waals surface area (Å²) in [6.45, 7) is 0.455. The van der Waals surface area contributed by atoms with Crippen molar-refractivity contribution in [1.29, 1.82) is 0 Å². The molecule has 3 rings (SSSR count). The Hall–Kier alpha value is -3.06. The van der Waals surface area contributed by atoms with E-state index in [1.807, 2.05) is 30.3 Å². The van der Waals surface area contributed by atoms with E-state index in [2.05, 4.69) is 0 Å². The van der Waals surface area contributed by atoms with Crippen molar-refractivity contribution in [3.05, 3.63) is 54.1 Å². The molecule has 0 saturated carbocycles. The van der Waals surface area contributed by atoms with Crippen LogP contribution in [0.1, 0.15) is 30.9 Å². The summed E-state index contributed by atoms with van der Waals surface area (Å²) in [7, 11) is 1.67. The van der Waals surface area contributed by atoms with Gasteiger partial charge in [0.15, 0.2) is 0 Å². The molecule has 7 nitrogen and oxygen atoms in total. The van der Waals surface area contributed by atoms with Crippen LogP contribution in [0.3, 0.4) is 0 Å². The molecule has 28 heavy (non-hydrogen) atoms. The third-order valence-corrected chi connectivity index (χ3v) is 4.70. The molecule has 0 saturated heterocycles. The van der Waals surface area contributed by atoms with Gasteiger partial charge in [0, 0.05) is 19.5 Å². The molecule has 2 amide bonds. The SMILES string of the molecule is CN1C(=O)[C@@H](N)[C@@H](c2ccccc2)Oc2ccc(OCCCCC(N)=O)cc21. The second-order valence-corrected chi connectivity index (χ2v) is 6.77. The number of hydrogen-bond acceptors (Lipinski definition) is 5. The van der Waals surface area contributed by atoms with Crippen LogP contribution in [-0.2, 0) is 9.59 Å². The van der Waals surface area contributed by atoms with Gasteiger partial charge in [-0.3, -0.25) is 9.59 Å². The van der Waals surface area contributed by atoms with Crippen molar-refractivity contribution in [2.75, 3.05) is 18.6 Å². The zero-order valence-electron chi connectivity index (χ0n) is 15.8. The van der Waals surface area contributed by atoms with Gasteiger partial charge in [0.1, 0.15) is 23.6 Å². The lowest BCUT2D eigenvalue weighted by molar-refractivity contribution is -0.121. The number of fused-ring (bicyclic) bond motifs is 1. The summed E-state index contributed by atoms with van der Waals surface area (Å²) in [5.41, 5.74) is 12.8. The zero-order valence-corrected chi connectivity index (χ0v) is 15.8. The van der Waals surface area contributed by atoms with Crippen LogP contribution < -0.4 is 25.8 Å². The Balaban J connectivity index is 1.77. The number of unbranched alkanes of at least 4 members (excludes halogenated alkanes) is 1. The smallest absolute Gasteiger partial charge is 0.247 e. The summed E-state index contributed by atoms with van der Waals surface area (Å²) in [5, 5.41) is 0. The Morgan fingerprint density at radius 2 is 1.93 bits per heavy atom. The minimum atomic E-state index is -0.821. The Kier molecular flexibility index (Phi) is 6.16. The first-order valence-corrected chi connectivity index (χ1v) is 9.27. The van der Waals surface area contributed by atoms with Crippen LogP contribution in [0.25, 0.3) is 0 Å². The molecule has 0 radical (unpaired) electrons. The first kappa shape index (κ1) is 19.7. The molecular weight excluding hydrogens is 358 g/mol. The molecule has 0 bridgehead atoms. The highest BCUT2D eigenvalue weighted by atomic mass is 16.5. The predicted octanol–water partition coefficient (Wildman–Crippen LogP) is 2.14. The quantitative estimate of drug-likeness (QED) is 0.712. The van der Waals surface area contributed by atoms with E-state index < -0.39 is 12.1 Å². The van der Waals surface area contributed by atoms with Gasteiger partial charge in [-0.2, -0.15) is 0 Å². The molecule has 7 heteroatoms. The highest BCUT2D eigenvalue weighted by Gasteiger charge is 2.35. The van der Waals surface area contributed by atoms with Gasteiger partial charge < -0.3 is 25.8 Å². The lowest BCUT2D eigenvalue weighted by atomic mass is 10.0. The molecular formula is C21H25N3O4. The first-order chi connectivity index (χ1) is 13.5. The van der Waals surface area contributed by atoms with Crippen molar-refractivity contribution in [3.8, 4) is 11.5 Å². The fourth-order valence-corrected chi connectivity index (χ4v) is 3.14. The molecule has 0 unspecified atom stereocenters. The van der Waals surface area contributed by atoms with Crippen molar-refractivity contribution in [1.82, 2.24) is 0 Å². The number of nitrogens with zero attached hydrogens (tertiary/aromatic N) is 1. The lowest BCUT2D eigenvalue weighted by Gasteiger charge is -2.22. The van der Waals surface area contributed by atoms with Crippen LogP contribution in [0.2, 0.25) is 0 Å². The average Bonchev–Trinajstić information content (AvgIpc) is 2.79. The van der Waals surface area contributed by atoms with E-state index in [0.29, 0.717) is 43.1 Å². The number of anilines is 1. The number of amides is 2.